The Hall–Kier alpha value is -2.76. The Labute approximate surface area is 172 Å². The lowest BCUT2D eigenvalue weighted by Gasteiger charge is -2.33. The topological polar surface area (TPSA) is 71.8 Å². The Morgan fingerprint density at radius 2 is 1.79 bits per heavy atom. The molecule has 6 heteroatoms. The number of carbonyl (C=O) groups is 2. The highest BCUT2D eigenvalue weighted by molar-refractivity contribution is 5.76. The van der Waals surface area contributed by atoms with Crippen LogP contribution in [-0.4, -0.2) is 41.6 Å². The largest absolute Gasteiger partial charge is 0.461 e. The molecule has 1 fully saturated rings. The van der Waals surface area contributed by atoms with Crippen LogP contribution in [0.25, 0.3) is 11.3 Å². The molecule has 0 unspecified atom stereocenters. The van der Waals surface area contributed by atoms with Crippen molar-refractivity contribution in [2.45, 2.75) is 58.1 Å². The Balaban J connectivity index is 1.40. The molecular weight excluding hydrogens is 368 g/mol. The average molecular weight is 399 g/mol. The van der Waals surface area contributed by atoms with Gasteiger partial charge in [0.2, 0.25) is 5.91 Å². The molecule has 0 spiro atoms. The molecule has 29 heavy (non-hydrogen) atoms. The minimum Gasteiger partial charge on any atom is -0.461 e. The van der Waals surface area contributed by atoms with Crippen molar-refractivity contribution in [1.82, 2.24) is 10.2 Å². The van der Waals surface area contributed by atoms with Gasteiger partial charge in [-0.2, -0.15) is 0 Å². The van der Waals surface area contributed by atoms with Crippen LogP contribution in [0, 0.1) is 0 Å². The minimum atomic E-state index is -0.492. The first-order valence-electron chi connectivity index (χ1n) is 10.2. The normalized spacial score (nSPS) is 15.2. The van der Waals surface area contributed by atoms with Crippen molar-refractivity contribution in [1.29, 1.82) is 0 Å². The van der Waals surface area contributed by atoms with E-state index in [4.69, 9.17) is 9.15 Å². The number of hydrogen-bond acceptors (Lipinski definition) is 4. The molecule has 1 aromatic carbocycles. The van der Waals surface area contributed by atoms with Gasteiger partial charge in [-0.05, 0) is 45.7 Å². The summed E-state index contributed by atoms with van der Waals surface area (Å²) in [6.45, 7) is 6.77. The van der Waals surface area contributed by atoms with Gasteiger partial charge in [-0.15, -0.1) is 0 Å². The highest BCUT2D eigenvalue weighted by Gasteiger charge is 2.27. The molecule has 1 aromatic heterocycles. The standard InChI is InChI=1S/C23H30N2O4/c1-23(2,3)29-22(27)25-15-13-18(14-16-25)24-21(26)12-10-19-9-11-20(28-19)17-7-5-4-6-8-17/h4-9,11,18H,10,12-16H2,1-3H3,(H,24,26). The summed E-state index contributed by atoms with van der Waals surface area (Å²) in [5.41, 5.74) is 0.536. The van der Waals surface area contributed by atoms with Gasteiger partial charge in [0.1, 0.15) is 17.1 Å². The maximum absolute atomic E-state index is 12.3. The smallest absolute Gasteiger partial charge is 0.410 e. The molecule has 0 aliphatic carbocycles. The third kappa shape index (κ3) is 6.38. The van der Waals surface area contributed by atoms with E-state index in [-0.39, 0.29) is 18.0 Å². The Morgan fingerprint density at radius 3 is 2.45 bits per heavy atom. The molecule has 0 radical (unpaired) electrons. The number of likely N-dealkylation sites (tertiary alicyclic amines) is 1. The molecule has 0 atom stereocenters. The molecule has 3 rings (SSSR count). The zero-order valence-corrected chi connectivity index (χ0v) is 17.4. The first kappa shape index (κ1) is 21.0. The second-order valence-electron chi connectivity index (χ2n) is 8.44. The van der Waals surface area contributed by atoms with Crippen LogP contribution >= 0.6 is 0 Å². The number of amides is 2. The number of furan rings is 1. The lowest BCUT2D eigenvalue weighted by molar-refractivity contribution is -0.122. The van der Waals surface area contributed by atoms with Gasteiger partial charge in [0, 0.05) is 37.5 Å². The second-order valence-corrected chi connectivity index (χ2v) is 8.44. The molecule has 0 bridgehead atoms. The van der Waals surface area contributed by atoms with E-state index in [1.54, 1.807) is 4.90 Å². The van der Waals surface area contributed by atoms with Crippen LogP contribution in [0.2, 0.25) is 0 Å². The zero-order valence-electron chi connectivity index (χ0n) is 17.4. The van der Waals surface area contributed by atoms with Gasteiger partial charge in [0.15, 0.2) is 0 Å². The molecule has 1 aliphatic heterocycles. The molecule has 0 saturated carbocycles. The van der Waals surface area contributed by atoms with Crippen LogP contribution in [-0.2, 0) is 16.0 Å². The van der Waals surface area contributed by atoms with Gasteiger partial charge >= 0.3 is 6.09 Å². The SMILES string of the molecule is CC(C)(C)OC(=O)N1CCC(NC(=O)CCc2ccc(-c3ccccc3)o2)CC1. The average Bonchev–Trinajstić information content (AvgIpc) is 3.15. The van der Waals surface area contributed by atoms with Gasteiger partial charge in [0.25, 0.3) is 0 Å². The first-order valence-corrected chi connectivity index (χ1v) is 10.2. The number of carbonyl (C=O) groups excluding carboxylic acids is 2. The summed E-state index contributed by atoms with van der Waals surface area (Å²) in [6.07, 6.45) is 2.14. The van der Waals surface area contributed by atoms with Gasteiger partial charge in [-0.25, -0.2) is 4.79 Å². The summed E-state index contributed by atoms with van der Waals surface area (Å²) in [5, 5.41) is 3.08. The number of nitrogens with one attached hydrogen (secondary N) is 1. The highest BCUT2D eigenvalue weighted by Crippen LogP contribution is 2.22. The second kappa shape index (κ2) is 9.16. The molecule has 2 amide bonds. The molecule has 156 valence electrons. The number of hydrogen-bond donors (Lipinski definition) is 1. The maximum Gasteiger partial charge on any atom is 0.410 e. The van der Waals surface area contributed by atoms with Crippen LogP contribution in [0.3, 0.4) is 0 Å². The number of benzene rings is 1. The van der Waals surface area contributed by atoms with Crippen LogP contribution < -0.4 is 5.32 Å². The van der Waals surface area contributed by atoms with Crippen molar-refractivity contribution in [3.05, 3.63) is 48.2 Å². The number of nitrogens with zero attached hydrogens (tertiary/aromatic N) is 1. The summed E-state index contributed by atoms with van der Waals surface area (Å²) in [4.78, 5) is 26.1. The highest BCUT2D eigenvalue weighted by atomic mass is 16.6. The fourth-order valence-corrected chi connectivity index (χ4v) is 3.34. The third-order valence-electron chi connectivity index (χ3n) is 4.83. The number of piperidine rings is 1. The lowest BCUT2D eigenvalue weighted by Crippen LogP contribution is -2.47. The van der Waals surface area contributed by atoms with E-state index < -0.39 is 5.60 Å². The predicted molar refractivity (Wildman–Crippen MR) is 111 cm³/mol. The van der Waals surface area contributed by atoms with Crippen LogP contribution in [0.4, 0.5) is 4.79 Å². The van der Waals surface area contributed by atoms with E-state index in [0.29, 0.717) is 25.9 Å². The summed E-state index contributed by atoms with van der Waals surface area (Å²) < 4.78 is 11.3. The van der Waals surface area contributed by atoms with Crippen LogP contribution in [0.15, 0.2) is 46.9 Å². The number of aryl methyl sites for hydroxylation is 1. The van der Waals surface area contributed by atoms with Gasteiger partial charge in [0.05, 0.1) is 0 Å². The predicted octanol–water partition coefficient (Wildman–Crippen LogP) is 4.39. The van der Waals surface area contributed by atoms with Gasteiger partial charge in [-0.3, -0.25) is 4.79 Å². The molecule has 1 N–H and O–H groups in total. The van der Waals surface area contributed by atoms with E-state index in [1.807, 2.05) is 63.2 Å². The summed E-state index contributed by atoms with van der Waals surface area (Å²) in [5.74, 6) is 1.63. The zero-order chi connectivity index (χ0) is 20.9. The number of rotatable bonds is 5. The fraction of sp³-hybridized carbons (Fsp3) is 0.478. The molecule has 6 nitrogen and oxygen atoms in total. The van der Waals surface area contributed by atoms with E-state index in [0.717, 1.165) is 29.9 Å². The van der Waals surface area contributed by atoms with E-state index in [9.17, 15) is 9.59 Å². The van der Waals surface area contributed by atoms with Crippen molar-refractivity contribution in [2.75, 3.05) is 13.1 Å². The maximum atomic E-state index is 12.3. The first-order chi connectivity index (χ1) is 13.8. The molecule has 2 heterocycles. The molecular formula is C23H30N2O4. The van der Waals surface area contributed by atoms with Crippen LogP contribution in [0.5, 0.6) is 0 Å². The van der Waals surface area contributed by atoms with Gasteiger partial charge in [-0.1, -0.05) is 30.3 Å². The fourth-order valence-electron chi connectivity index (χ4n) is 3.34. The summed E-state index contributed by atoms with van der Waals surface area (Å²) in [6, 6.07) is 13.9. The molecule has 1 aliphatic rings. The third-order valence-corrected chi connectivity index (χ3v) is 4.83. The molecule has 2 aromatic rings. The van der Waals surface area contributed by atoms with Crippen molar-refractivity contribution < 1.29 is 18.7 Å². The summed E-state index contributed by atoms with van der Waals surface area (Å²) in [7, 11) is 0. The van der Waals surface area contributed by atoms with E-state index >= 15 is 0 Å². The van der Waals surface area contributed by atoms with Crippen molar-refractivity contribution >= 4 is 12.0 Å². The van der Waals surface area contributed by atoms with Gasteiger partial charge < -0.3 is 19.4 Å². The number of ether oxygens (including phenoxy) is 1. The minimum absolute atomic E-state index is 0.0124. The van der Waals surface area contributed by atoms with Crippen molar-refractivity contribution in [3.8, 4) is 11.3 Å². The summed E-state index contributed by atoms with van der Waals surface area (Å²) >= 11 is 0. The van der Waals surface area contributed by atoms with Crippen molar-refractivity contribution in [2.24, 2.45) is 0 Å². The Bertz CT molecular complexity index is 815. The van der Waals surface area contributed by atoms with Crippen LogP contribution in [0.1, 0.15) is 45.8 Å². The molecule has 1 saturated heterocycles. The van der Waals surface area contributed by atoms with Crippen molar-refractivity contribution in [3.63, 3.8) is 0 Å². The lowest BCUT2D eigenvalue weighted by atomic mass is 10.0. The van der Waals surface area contributed by atoms with E-state index in [2.05, 4.69) is 5.32 Å². The Morgan fingerprint density at radius 1 is 1.10 bits per heavy atom. The van der Waals surface area contributed by atoms with E-state index in [1.165, 1.54) is 0 Å². The quantitative estimate of drug-likeness (QED) is 0.811. The Kier molecular flexibility index (Phi) is 6.62. The monoisotopic (exact) mass is 398 g/mol.